The summed E-state index contributed by atoms with van der Waals surface area (Å²) in [4.78, 5) is 30.1. The molecule has 0 saturated carbocycles. The minimum absolute atomic E-state index is 0.0929. The Morgan fingerprint density at radius 1 is 0.943 bits per heavy atom. The van der Waals surface area contributed by atoms with Gasteiger partial charge >= 0.3 is 6.03 Å². The number of urea groups is 1. The average molecular weight is 473 g/mol. The van der Waals surface area contributed by atoms with Crippen LogP contribution in [-0.2, 0) is 17.8 Å². The first-order valence-corrected chi connectivity index (χ1v) is 12.0. The molecule has 7 heteroatoms. The maximum atomic E-state index is 13.6. The SMILES string of the molecule is O=C(Nc1cccc(F)c1)N1CCC2(CC1)N[C@H](Cc1ccccc1)C(=O)N2Cc1ccccc1. The number of nitrogens with one attached hydrogen (secondary N) is 2. The molecular formula is C28H29FN4O2. The average Bonchev–Trinajstić information content (AvgIpc) is 3.11. The van der Waals surface area contributed by atoms with Gasteiger partial charge in [-0.3, -0.25) is 10.1 Å². The van der Waals surface area contributed by atoms with E-state index in [9.17, 15) is 14.0 Å². The van der Waals surface area contributed by atoms with Gasteiger partial charge in [-0.25, -0.2) is 9.18 Å². The summed E-state index contributed by atoms with van der Waals surface area (Å²) in [5.74, 6) is -0.301. The number of hydrogen-bond donors (Lipinski definition) is 2. The van der Waals surface area contributed by atoms with Crippen molar-refractivity contribution in [2.45, 2.75) is 37.5 Å². The Hall–Kier alpha value is -3.71. The van der Waals surface area contributed by atoms with Gasteiger partial charge in [0.25, 0.3) is 0 Å². The largest absolute Gasteiger partial charge is 0.324 e. The molecular weight excluding hydrogens is 443 g/mol. The fourth-order valence-corrected chi connectivity index (χ4v) is 5.11. The predicted octanol–water partition coefficient (Wildman–Crippen LogP) is 4.39. The fourth-order valence-electron chi connectivity index (χ4n) is 5.11. The highest BCUT2D eigenvalue weighted by Gasteiger charge is 2.51. The summed E-state index contributed by atoms with van der Waals surface area (Å²) >= 11 is 0. The Morgan fingerprint density at radius 2 is 1.60 bits per heavy atom. The highest BCUT2D eigenvalue weighted by molar-refractivity contribution is 5.89. The molecule has 0 aliphatic carbocycles. The van der Waals surface area contributed by atoms with E-state index < -0.39 is 11.5 Å². The van der Waals surface area contributed by atoms with Crippen LogP contribution in [0.4, 0.5) is 14.9 Å². The second-order valence-electron chi connectivity index (χ2n) is 9.26. The number of benzene rings is 3. The number of nitrogens with zero attached hydrogens (tertiary/aromatic N) is 2. The lowest BCUT2D eigenvalue weighted by atomic mass is 9.95. The molecule has 2 saturated heterocycles. The van der Waals surface area contributed by atoms with Crippen LogP contribution in [0.2, 0.25) is 0 Å². The van der Waals surface area contributed by atoms with Crippen LogP contribution in [0.3, 0.4) is 0 Å². The molecule has 0 aromatic heterocycles. The van der Waals surface area contributed by atoms with Crippen LogP contribution < -0.4 is 10.6 Å². The van der Waals surface area contributed by atoms with Gasteiger partial charge in [0.15, 0.2) is 0 Å². The second kappa shape index (κ2) is 9.88. The van der Waals surface area contributed by atoms with E-state index in [1.54, 1.807) is 17.0 Å². The molecule has 0 unspecified atom stereocenters. The standard InChI is InChI=1S/C28H29FN4O2/c29-23-12-7-13-24(19-23)30-27(35)32-16-14-28(15-17-32)31-25(18-21-8-3-1-4-9-21)26(34)33(28)20-22-10-5-2-6-11-22/h1-13,19,25,31H,14-18,20H2,(H,30,35)/t25-/m1/s1. The maximum absolute atomic E-state index is 13.6. The molecule has 6 nitrogen and oxygen atoms in total. The maximum Gasteiger partial charge on any atom is 0.321 e. The lowest BCUT2D eigenvalue weighted by Crippen LogP contribution is -2.59. The molecule has 0 radical (unpaired) electrons. The van der Waals surface area contributed by atoms with Crippen molar-refractivity contribution in [2.24, 2.45) is 0 Å². The first-order chi connectivity index (χ1) is 17.0. The van der Waals surface area contributed by atoms with Gasteiger partial charge in [0.2, 0.25) is 5.91 Å². The summed E-state index contributed by atoms with van der Waals surface area (Å²) in [5, 5.41) is 6.44. The first kappa shape index (κ1) is 23.1. The number of anilines is 1. The van der Waals surface area contributed by atoms with Crippen molar-refractivity contribution in [1.82, 2.24) is 15.1 Å². The molecule has 2 heterocycles. The van der Waals surface area contributed by atoms with Crippen molar-refractivity contribution in [1.29, 1.82) is 0 Å². The van der Waals surface area contributed by atoms with Gasteiger partial charge in [0.05, 0.1) is 11.7 Å². The van der Waals surface area contributed by atoms with Crippen LogP contribution in [0.1, 0.15) is 24.0 Å². The molecule has 3 amide bonds. The van der Waals surface area contributed by atoms with Crippen molar-refractivity contribution in [3.05, 3.63) is 102 Å². The third-order valence-electron chi connectivity index (χ3n) is 6.94. The number of rotatable bonds is 5. The first-order valence-electron chi connectivity index (χ1n) is 12.0. The van der Waals surface area contributed by atoms with Crippen LogP contribution in [0.25, 0.3) is 0 Å². The molecule has 3 aromatic rings. The zero-order valence-electron chi connectivity index (χ0n) is 19.5. The molecule has 5 rings (SSSR count). The molecule has 2 aliphatic heterocycles. The van der Waals surface area contributed by atoms with Gasteiger partial charge < -0.3 is 15.1 Å². The van der Waals surface area contributed by atoms with Crippen LogP contribution in [-0.4, -0.2) is 46.5 Å². The Morgan fingerprint density at radius 3 is 2.26 bits per heavy atom. The minimum atomic E-state index is -0.512. The number of amides is 3. The third-order valence-corrected chi connectivity index (χ3v) is 6.94. The van der Waals surface area contributed by atoms with Gasteiger partial charge in [-0.2, -0.15) is 0 Å². The quantitative estimate of drug-likeness (QED) is 0.579. The topological polar surface area (TPSA) is 64.7 Å². The van der Waals surface area contributed by atoms with Gasteiger partial charge in [-0.15, -0.1) is 0 Å². The fraction of sp³-hybridized carbons (Fsp3) is 0.286. The molecule has 1 atom stereocenters. The third kappa shape index (κ3) is 5.05. The normalized spacial score (nSPS) is 19.2. The molecule has 2 fully saturated rings. The van der Waals surface area contributed by atoms with E-state index in [4.69, 9.17) is 0 Å². The smallest absolute Gasteiger partial charge is 0.321 e. The summed E-state index contributed by atoms with van der Waals surface area (Å²) in [5.41, 5.74) is 2.11. The number of likely N-dealkylation sites (tertiary alicyclic amines) is 1. The summed E-state index contributed by atoms with van der Waals surface area (Å²) < 4.78 is 13.5. The van der Waals surface area contributed by atoms with Gasteiger partial charge in [-0.1, -0.05) is 66.7 Å². The number of hydrogen-bond acceptors (Lipinski definition) is 3. The lowest BCUT2D eigenvalue weighted by Gasteiger charge is -2.44. The zero-order chi connectivity index (χ0) is 24.3. The van der Waals surface area contributed by atoms with E-state index in [0.29, 0.717) is 44.6 Å². The van der Waals surface area contributed by atoms with Crippen LogP contribution in [0.5, 0.6) is 0 Å². The van der Waals surface area contributed by atoms with Crippen LogP contribution in [0, 0.1) is 5.82 Å². The van der Waals surface area contributed by atoms with Gasteiger partial charge in [-0.05, 0) is 35.7 Å². The highest BCUT2D eigenvalue weighted by Crippen LogP contribution is 2.35. The van der Waals surface area contributed by atoms with Crippen molar-refractivity contribution in [3.8, 4) is 0 Å². The van der Waals surface area contributed by atoms with Crippen molar-refractivity contribution in [3.63, 3.8) is 0 Å². The minimum Gasteiger partial charge on any atom is -0.324 e. The Bertz CT molecular complexity index is 1180. The summed E-state index contributed by atoms with van der Waals surface area (Å²) in [6.07, 6.45) is 1.86. The lowest BCUT2D eigenvalue weighted by molar-refractivity contribution is -0.134. The zero-order valence-corrected chi connectivity index (χ0v) is 19.5. The molecule has 0 bridgehead atoms. The second-order valence-corrected chi connectivity index (χ2v) is 9.26. The monoisotopic (exact) mass is 472 g/mol. The Labute approximate surface area is 204 Å². The van der Waals surface area contributed by atoms with Gasteiger partial charge in [0.1, 0.15) is 5.82 Å². The van der Waals surface area contributed by atoms with Crippen molar-refractivity contribution >= 4 is 17.6 Å². The van der Waals surface area contributed by atoms with E-state index in [1.165, 1.54) is 12.1 Å². The molecule has 180 valence electrons. The van der Waals surface area contributed by atoms with E-state index in [-0.39, 0.29) is 18.0 Å². The highest BCUT2D eigenvalue weighted by atomic mass is 19.1. The molecule has 35 heavy (non-hydrogen) atoms. The van der Waals surface area contributed by atoms with Crippen molar-refractivity contribution in [2.75, 3.05) is 18.4 Å². The summed E-state index contributed by atoms with van der Waals surface area (Å²) in [6, 6.07) is 25.3. The molecule has 2 N–H and O–H groups in total. The summed E-state index contributed by atoms with van der Waals surface area (Å²) in [6.45, 7) is 1.50. The Balaban J connectivity index is 1.31. The van der Waals surface area contributed by atoms with E-state index in [2.05, 4.69) is 10.6 Å². The predicted molar refractivity (Wildman–Crippen MR) is 133 cm³/mol. The van der Waals surface area contributed by atoms with E-state index in [0.717, 1.165) is 11.1 Å². The Kier molecular flexibility index (Phi) is 6.51. The number of carbonyl (C=O) groups is 2. The van der Waals surface area contributed by atoms with E-state index >= 15 is 0 Å². The molecule has 3 aromatic carbocycles. The van der Waals surface area contributed by atoms with Gasteiger partial charge in [0, 0.05) is 38.2 Å². The molecule has 1 spiro atoms. The van der Waals surface area contributed by atoms with Crippen LogP contribution in [0.15, 0.2) is 84.9 Å². The number of carbonyl (C=O) groups excluding carboxylic acids is 2. The van der Waals surface area contributed by atoms with E-state index in [1.807, 2.05) is 65.6 Å². The van der Waals surface area contributed by atoms with Crippen molar-refractivity contribution < 1.29 is 14.0 Å². The summed E-state index contributed by atoms with van der Waals surface area (Å²) in [7, 11) is 0. The number of halogens is 1. The number of piperidine rings is 1. The van der Waals surface area contributed by atoms with Crippen LogP contribution >= 0.6 is 0 Å². The molecule has 2 aliphatic rings.